The fourth-order valence-electron chi connectivity index (χ4n) is 1.27. The predicted molar refractivity (Wildman–Crippen MR) is 47.9 cm³/mol. The summed E-state index contributed by atoms with van der Waals surface area (Å²) >= 11 is 0. The number of nitrogens with two attached hydrogens (primary N) is 1. The quantitative estimate of drug-likeness (QED) is 0.549. The molecule has 0 saturated carbocycles. The van der Waals surface area contributed by atoms with Gasteiger partial charge in [-0.1, -0.05) is 0 Å². The van der Waals surface area contributed by atoms with Gasteiger partial charge in [0.15, 0.2) is 0 Å². The fourth-order valence-corrected chi connectivity index (χ4v) is 1.27. The number of nitrogens with one attached hydrogen (secondary N) is 1. The molecule has 0 amide bonds. The van der Waals surface area contributed by atoms with Crippen molar-refractivity contribution in [1.82, 2.24) is 4.90 Å². The van der Waals surface area contributed by atoms with Crippen LogP contribution in [0.15, 0.2) is 11.9 Å². The van der Waals surface area contributed by atoms with Crippen molar-refractivity contribution in [2.24, 2.45) is 5.73 Å². The van der Waals surface area contributed by atoms with E-state index in [1.165, 1.54) is 0 Å². The number of hydrogen-bond donors (Lipinski definition) is 2. The van der Waals surface area contributed by atoms with E-state index in [2.05, 4.69) is 4.74 Å². The molecule has 7 heteroatoms. The topological polar surface area (TPSA) is 62.3 Å². The second kappa shape index (κ2) is 4.00. The zero-order valence-corrected chi connectivity index (χ0v) is 8.14. The lowest BCUT2D eigenvalue weighted by Crippen LogP contribution is -2.47. The summed E-state index contributed by atoms with van der Waals surface area (Å²) in [5.41, 5.74) is 5.49. The maximum absolute atomic E-state index is 11.7. The summed E-state index contributed by atoms with van der Waals surface area (Å²) in [6.45, 7) is 2.60. The summed E-state index contributed by atoms with van der Waals surface area (Å²) in [5, 5.41) is 6.91. The number of hydrogen-bond acceptors (Lipinski definition) is 4. The lowest BCUT2D eigenvalue weighted by Gasteiger charge is -2.40. The van der Waals surface area contributed by atoms with Crippen LogP contribution >= 0.6 is 0 Å². The van der Waals surface area contributed by atoms with Crippen LogP contribution in [0, 0.1) is 5.41 Å². The van der Waals surface area contributed by atoms with E-state index >= 15 is 0 Å². The van der Waals surface area contributed by atoms with Gasteiger partial charge in [-0.25, -0.2) is 0 Å². The molecule has 0 radical (unpaired) electrons. The maximum atomic E-state index is 11.7. The van der Waals surface area contributed by atoms with Crippen molar-refractivity contribution >= 4 is 5.90 Å². The van der Waals surface area contributed by atoms with Crippen LogP contribution in [0.3, 0.4) is 0 Å². The Kier molecular flexibility index (Phi) is 3.11. The van der Waals surface area contributed by atoms with Crippen LogP contribution in [0.4, 0.5) is 13.2 Å². The van der Waals surface area contributed by atoms with Crippen molar-refractivity contribution in [3.05, 3.63) is 11.9 Å². The molecule has 0 aromatic carbocycles. The first-order valence-corrected chi connectivity index (χ1v) is 4.37. The van der Waals surface area contributed by atoms with Crippen LogP contribution in [0.1, 0.15) is 13.3 Å². The molecule has 0 aromatic rings. The first-order chi connectivity index (χ1) is 6.79. The van der Waals surface area contributed by atoms with Crippen LogP contribution < -0.4 is 5.73 Å². The first kappa shape index (κ1) is 11.7. The minimum atomic E-state index is -4.84. The highest BCUT2D eigenvalue weighted by Crippen LogP contribution is 2.21. The molecule has 0 aliphatic carbocycles. The van der Waals surface area contributed by atoms with Gasteiger partial charge < -0.3 is 15.4 Å². The van der Waals surface area contributed by atoms with Crippen molar-refractivity contribution in [2.75, 3.05) is 6.54 Å². The minimum absolute atomic E-state index is 0.128. The molecule has 0 unspecified atom stereocenters. The standard InChI is InChI=1S/C8H12F3N3O/c1-5-2-3-14(5)6(12)4-7(13)15-8(9,10)11/h4-5,13H,2-3,12H2,1H3/b6-4+,13-7?/t5-/m0/s1. The highest BCUT2D eigenvalue weighted by molar-refractivity contribution is 5.85. The summed E-state index contributed by atoms with van der Waals surface area (Å²) < 4.78 is 38.4. The third-order valence-corrected chi connectivity index (χ3v) is 2.16. The van der Waals surface area contributed by atoms with Crippen molar-refractivity contribution in [3.8, 4) is 0 Å². The number of ether oxygens (including phenoxy) is 1. The van der Waals surface area contributed by atoms with E-state index in [0.29, 0.717) is 6.54 Å². The fraction of sp³-hybridized carbons (Fsp3) is 0.625. The normalized spacial score (nSPS) is 22.3. The lowest BCUT2D eigenvalue weighted by atomic mass is 10.1. The zero-order valence-electron chi connectivity index (χ0n) is 8.14. The molecular formula is C8H12F3N3O. The molecule has 15 heavy (non-hydrogen) atoms. The Bertz CT molecular complexity index is 287. The number of nitrogens with zero attached hydrogens (tertiary/aromatic N) is 1. The van der Waals surface area contributed by atoms with Gasteiger partial charge in [-0.2, -0.15) is 0 Å². The third kappa shape index (κ3) is 3.34. The van der Waals surface area contributed by atoms with Crippen molar-refractivity contribution in [3.63, 3.8) is 0 Å². The number of halogens is 3. The van der Waals surface area contributed by atoms with Crippen LogP contribution in [-0.4, -0.2) is 29.7 Å². The van der Waals surface area contributed by atoms with Crippen molar-refractivity contribution < 1.29 is 17.9 Å². The molecule has 1 aliphatic rings. The molecule has 1 fully saturated rings. The number of likely N-dealkylation sites (tertiary alicyclic amines) is 1. The van der Waals surface area contributed by atoms with E-state index in [-0.39, 0.29) is 11.9 Å². The summed E-state index contributed by atoms with van der Waals surface area (Å²) in [4.78, 5) is 1.70. The summed E-state index contributed by atoms with van der Waals surface area (Å²) in [7, 11) is 0. The monoisotopic (exact) mass is 223 g/mol. The predicted octanol–water partition coefficient (Wildman–Crippen LogP) is 1.39. The Labute approximate surface area is 85.0 Å². The Morgan fingerprint density at radius 3 is 2.53 bits per heavy atom. The molecular weight excluding hydrogens is 211 g/mol. The van der Waals surface area contributed by atoms with Gasteiger partial charge in [0.1, 0.15) is 5.82 Å². The molecule has 1 aliphatic heterocycles. The van der Waals surface area contributed by atoms with Crippen molar-refractivity contribution in [1.29, 1.82) is 5.41 Å². The van der Waals surface area contributed by atoms with Crippen LogP contribution in [0.5, 0.6) is 0 Å². The smallest absolute Gasteiger partial charge is 0.388 e. The van der Waals surface area contributed by atoms with E-state index in [1.807, 2.05) is 6.92 Å². The van der Waals surface area contributed by atoms with E-state index < -0.39 is 12.3 Å². The van der Waals surface area contributed by atoms with Gasteiger partial charge >= 0.3 is 6.36 Å². The summed E-state index contributed by atoms with van der Waals surface area (Å²) in [5.74, 6) is -0.873. The lowest BCUT2D eigenvalue weighted by molar-refractivity contribution is -0.283. The minimum Gasteiger partial charge on any atom is -0.388 e. The largest absolute Gasteiger partial charge is 0.574 e. The second-order valence-corrected chi connectivity index (χ2v) is 3.31. The first-order valence-electron chi connectivity index (χ1n) is 4.37. The van der Waals surface area contributed by atoms with E-state index in [1.54, 1.807) is 4.90 Å². The molecule has 4 nitrogen and oxygen atoms in total. The second-order valence-electron chi connectivity index (χ2n) is 3.31. The Morgan fingerprint density at radius 2 is 2.20 bits per heavy atom. The van der Waals surface area contributed by atoms with Gasteiger partial charge in [-0.15, -0.1) is 13.2 Å². The van der Waals surface area contributed by atoms with E-state index in [4.69, 9.17) is 11.1 Å². The molecule has 1 atom stereocenters. The van der Waals surface area contributed by atoms with Gasteiger partial charge in [-0.3, -0.25) is 5.41 Å². The average Bonchev–Trinajstić information content (AvgIpc) is 1.97. The SMILES string of the molecule is C[C@H]1CCN1/C(N)=C/C(=N)OC(F)(F)F. The van der Waals surface area contributed by atoms with Gasteiger partial charge in [0.2, 0.25) is 5.90 Å². The highest BCUT2D eigenvalue weighted by Gasteiger charge is 2.32. The average molecular weight is 223 g/mol. The van der Waals surface area contributed by atoms with Gasteiger partial charge in [-0.05, 0) is 13.3 Å². The molecule has 86 valence electrons. The van der Waals surface area contributed by atoms with Crippen LogP contribution in [0.25, 0.3) is 0 Å². The molecule has 1 saturated heterocycles. The summed E-state index contributed by atoms with van der Waals surface area (Å²) in [6, 6.07) is 0.208. The van der Waals surface area contributed by atoms with Crippen LogP contribution in [-0.2, 0) is 4.74 Å². The Morgan fingerprint density at radius 1 is 1.60 bits per heavy atom. The van der Waals surface area contributed by atoms with Crippen LogP contribution in [0.2, 0.25) is 0 Å². The third-order valence-electron chi connectivity index (χ3n) is 2.16. The molecule has 3 N–H and O–H groups in total. The zero-order chi connectivity index (χ0) is 11.6. The summed E-state index contributed by atoms with van der Waals surface area (Å²) in [6.07, 6.45) is -3.03. The molecule has 0 bridgehead atoms. The molecule has 1 heterocycles. The molecule has 0 spiro atoms. The Balaban J connectivity index is 2.51. The van der Waals surface area contributed by atoms with Gasteiger partial charge in [0.05, 0.1) is 0 Å². The highest BCUT2D eigenvalue weighted by atomic mass is 19.4. The molecule has 0 aromatic heterocycles. The van der Waals surface area contributed by atoms with Gasteiger partial charge in [0, 0.05) is 18.7 Å². The van der Waals surface area contributed by atoms with Crippen molar-refractivity contribution in [2.45, 2.75) is 25.7 Å². The molecule has 1 rings (SSSR count). The van der Waals surface area contributed by atoms with Gasteiger partial charge in [0.25, 0.3) is 0 Å². The number of rotatable bonds is 2. The maximum Gasteiger partial charge on any atom is 0.574 e. The van der Waals surface area contributed by atoms with E-state index in [9.17, 15) is 13.2 Å². The van der Waals surface area contributed by atoms with E-state index in [0.717, 1.165) is 12.5 Å². The Hall–Kier alpha value is -1.40. The number of alkyl halides is 3.